The van der Waals surface area contributed by atoms with Crippen molar-refractivity contribution in [1.29, 1.82) is 0 Å². The summed E-state index contributed by atoms with van der Waals surface area (Å²) in [5, 5.41) is 0.307. The van der Waals surface area contributed by atoms with Crippen LogP contribution in [0, 0.1) is 5.82 Å². The zero-order chi connectivity index (χ0) is 12.4. The Morgan fingerprint density at radius 3 is 2.53 bits per heavy atom. The van der Waals surface area contributed by atoms with E-state index >= 15 is 0 Å². The quantitative estimate of drug-likeness (QED) is 0.748. The van der Waals surface area contributed by atoms with Crippen LogP contribution in [0.1, 0.15) is 15.9 Å². The van der Waals surface area contributed by atoms with E-state index in [9.17, 15) is 9.18 Å². The van der Waals surface area contributed by atoms with E-state index in [1.54, 1.807) is 24.3 Å². The van der Waals surface area contributed by atoms with E-state index in [0.717, 1.165) is 4.47 Å². The highest BCUT2D eigenvalue weighted by atomic mass is 79.9. The van der Waals surface area contributed by atoms with Crippen LogP contribution in [-0.4, -0.2) is 5.78 Å². The predicted octanol–water partition coefficient (Wildman–Crippen LogP) is 4.47. The Hall–Kier alpha value is -1.19. The minimum absolute atomic E-state index is 0.0208. The van der Waals surface area contributed by atoms with Gasteiger partial charge >= 0.3 is 0 Å². The Morgan fingerprint density at radius 1 is 1.12 bits per heavy atom. The smallest absolute Gasteiger partial charge is 0.197 e. The van der Waals surface area contributed by atoms with Crippen LogP contribution in [0.15, 0.2) is 46.9 Å². The molecule has 4 heteroatoms. The van der Waals surface area contributed by atoms with E-state index in [4.69, 9.17) is 11.6 Å². The van der Waals surface area contributed by atoms with E-state index in [1.807, 2.05) is 0 Å². The van der Waals surface area contributed by atoms with Gasteiger partial charge in [0.1, 0.15) is 5.82 Å². The monoisotopic (exact) mass is 312 g/mol. The lowest BCUT2D eigenvalue weighted by molar-refractivity contribution is 0.103. The van der Waals surface area contributed by atoms with Crippen molar-refractivity contribution < 1.29 is 9.18 Å². The Morgan fingerprint density at radius 2 is 1.82 bits per heavy atom. The second-order valence-electron chi connectivity index (χ2n) is 3.43. The third kappa shape index (κ3) is 2.56. The first-order chi connectivity index (χ1) is 8.09. The van der Waals surface area contributed by atoms with Crippen LogP contribution in [0.3, 0.4) is 0 Å². The third-order valence-electron chi connectivity index (χ3n) is 2.29. The normalized spacial score (nSPS) is 10.3. The van der Waals surface area contributed by atoms with Crippen molar-refractivity contribution in [3.63, 3.8) is 0 Å². The molecule has 0 saturated carbocycles. The fourth-order valence-electron chi connectivity index (χ4n) is 1.46. The number of ketones is 1. The molecule has 2 aromatic rings. The Balaban J connectivity index is 2.51. The van der Waals surface area contributed by atoms with Gasteiger partial charge < -0.3 is 0 Å². The molecule has 0 N–H and O–H groups in total. The topological polar surface area (TPSA) is 17.1 Å². The Bertz CT molecular complexity index is 583. The van der Waals surface area contributed by atoms with Crippen LogP contribution in [0.25, 0.3) is 0 Å². The van der Waals surface area contributed by atoms with Crippen LogP contribution in [0.2, 0.25) is 5.02 Å². The first kappa shape index (κ1) is 12.3. The highest BCUT2D eigenvalue weighted by Gasteiger charge is 2.16. The first-order valence-electron chi connectivity index (χ1n) is 4.84. The summed E-state index contributed by atoms with van der Waals surface area (Å²) in [6.45, 7) is 0. The summed E-state index contributed by atoms with van der Waals surface area (Å²) < 4.78 is 14.2. The van der Waals surface area contributed by atoms with E-state index in [-0.39, 0.29) is 11.1 Å². The van der Waals surface area contributed by atoms with Gasteiger partial charge in [0.25, 0.3) is 0 Å². The number of halogens is 3. The van der Waals surface area contributed by atoms with Gasteiger partial charge in [0.15, 0.2) is 5.78 Å². The average molecular weight is 314 g/mol. The molecule has 0 amide bonds. The van der Waals surface area contributed by atoms with Gasteiger partial charge in [-0.15, -0.1) is 0 Å². The highest BCUT2D eigenvalue weighted by Crippen LogP contribution is 2.24. The van der Waals surface area contributed by atoms with E-state index in [2.05, 4.69) is 15.9 Å². The fraction of sp³-hybridized carbons (Fsp3) is 0. The number of hydrogen-bond acceptors (Lipinski definition) is 1. The summed E-state index contributed by atoms with van der Waals surface area (Å²) in [7, 11) is 0. The van der Waals surface area contributed by atoms with Crippen LogP contribution >= 0.6 is 27.5 Å². The molecule has 0 aromatic heterocycles. The maximum Gasteiger partial charge on any atom is 0.197 e. The lowest BCUT2D eigenvalue weighted by Crippen LogP contribution is -2.04. The van der Waals surface area contributed by atoms with Gasteiger partial charge in [0.05, 0.1) is 10.6 Å². The fourth-order valence-corrected chi connectivity index (χ4v) is 2.03. The van der Waals surface area contributed by atoms with Gasteiger partial charge in [-0.2, -0.15) is 0 Å². The van der Waals surface area contributed by atoms with Crippen molar-refractivity contribution in [3.05, 3.63) is 68.9 Å². The van der Waals surface area contributed by atoms with Crippen molar-refractivity contribution in [3.8, 4) is 0 Å². The molecule has 17 heavy (non-hydrogen) atoms. The minimum atomic E-state index is -0.548. The van der Waals surface area contributed by atoms with E-state index in [0.29, 0.717) is 5.02 Å². The van der Waals surface area contributed by atoms with Crippen molar-refractivity contribution in [1.82, 2.24) is 0 Å². The molecule has 0 fully saturated rings. The molecular formula is C13H7BrClFO. The molecule has 0 saturated heterocycles. The number of carbonyl (C=O) groups excluding carboxylic acids is 1. The molecule has 0 radical (unpaired) electrons. The maximum absolute atomic E-state index is 13.5. The molecule has 86 valence electrons. The van der Waals surface area contributed by atoms with Crippen LogP contribution in [-0.2, 0) is 0 Å². The zero-order valence-corrected chi connectivity index (χ0v) is 10.9. The SMILES string of the molecule is O=C(c1ccccc1F)c1cc(Br)ccc1Cl. The second kappa shape index (κ2) is 4.98. The van der Waals surface area contributed by atoms with Gasteiger partial charge in [-0.1, -0.05) is 39.7 Å². The molecule has 0 unspecified atom stereocenters. The molecule has 0 bridgehead atoms. The zero-order valence-electron chi connectivity index (χ0n) is 8.58. The molecule has 0 atom stereocenters. The van der Waals surface area contributed by atoms with Gasteiger partial charge in [0.2, 0.25) is 0 Å². The molecule has 0 aliphatic carbocycles. The predicted molar refractivity (Wildman–Crippen MR) is 69.0 cm³/mol. The van der Waals surface area contributed by atoms with Crippen molar-refractivity contribution in [2.75, 3.05) is 0 Å². The molecular weight excluding hydrogens is 306 g/mol. The number of benzene rings is 2. The standard InChI is InChI=1S/C13H7BrClFO/c14-8-5-6-11(15)10(7-8)13(17)9-3-1-2-4-12(9)16/h1-7H. The van der Waals surface area contributed by atoms with Crippen molar-refractivity contribution in [2.24, 2.45) is 0 Å². The van der Waals surface area contributed by atoms with Gasteiger partial charge in [-0.25, -0.2) is 4.39 Å². The van der Waals surface area contributed by atoms with Crippen LogP contribution in [0.4, 0.5) is 4.39 Å². The van der Waals surface area contributed by atoms with Gasteiger partial charge in [0, 0.05) is 10.0 Å². The van der Waals surface area contributed by atoms with E-state index < -0.39 is 11.6 Å². The van der Waals surface area contributed by atoms with Gasteiger partial charge in [-0.3, -0.25) is 4.79 Å². The molecule has 0 heterocycles. The molecule has 1 nitrogen and oxygen atoms in total. The minimum Gasteiger partial charge on any atom is -0.288 e. The summed E-state index contributed by atoms with van der Waals surface area (Å²) >= 11 is 9.18. The largest absolute Gasteiger partial charge is 0.288 e. The summed E-state index contributed by atoms with van der Waals surface area (Å²) in [5.41, 5.74) is 0.304. The molecule has 0 aliphatic heterocycles. The number of rotatable bonds is 2. The van der Waals surface area contributed by atoms with Crippen LogP contribution < -0.4 is 0 Å². The summed E-state index contributed by atoms with van der Waals surface area (Å²) in [4.78, 5) is 12.1. The summed E-state index contributed by atoms with van der Waals surface area (Å²) in [6.07, 6.45) is 0. The molecule has 0 spiro atoms. The summed E-state index contributed by atoms with van der Waals surface area (Å²) in [5.74, 6) is -0.969. The van der Waals surface area contributed by atoms with Crippen LogP contribution in [0.5, 0.6) is 0 Å². The Labute approximate surface area is 111 Å². The maximum atomic E-state index is 13.5. The molecule has 2 rings (SSSR count). The Kier molecular flexibility index (Phi) is 3.60. The number of carbonyl (C=O) groups is 1. The van der Waals surface area contributed by atoms with Crippen molar-refractivity contribution >= 4 is 33.3 Å². The van der Waals surface area contributed by atoms with E-state index in [1.165, 1.54) is 18.2 Å². The van der Waals surface area contributed by atoms with Gasteiger partial charge in [-0.05, 0) is 30.3 Å². The number of hydrogen-bond donors (Lipinski definition) is 0. The van der Waals surface area contributed by atoms with Crippen molar-refractivity contribution in [2.45, 2.75) is 0 Å². The molecule has 0 aliphatic rings. The average Bonchev–Trinajstić information content (AvgIpc) is 2.32. The summed E-state index contributed by atoms with van der Waals surface area (Å²) in [6, 6.07) is 10.7. The lowest BCUT2D eigenvalue weighted by Gasteiger charge is -2.05. The first-order valence-corrected chi connectivity index (χ1v) is 6.01. The second-order valence-corrected chi connectivity index (χ2v) is 4.76. The third-order valence-corrected chi connectivity index (χ3v) is 3.11. The highest BCUT2D eigenvalue weighted by molar-refractivity contribution is 9.10. The lowest BCUT2D eigenvalue weighted by atomic mass is 10.0. The molecule has 2 aromatic carbocycles.